The molecule has 0 saturated carbocycles. The number of para-hydroxylation sites is 1. The monoisotopic (exact) mass is 288 g/mol. The number of aromatic nitrogens is 2. The van der Waals surface area contributed by atoms with E-state index in [-0.39, 0.29) is 6.04 Å². The molecule has 2 unspecified atom stereocenters. The van der Waals surface area contributed by atoms with Gasteiger partial charge in [0.05, 0.1) is 17.3 Å². The lowest BCUT2D eigenvalue weighted by Gasteiger charge is -2.18. The fourth-order valence-electron chi connectivity index (χ4n) is 3.18. The molecule has 21 heavy (non-hydrogen) atoms. The van der Waals surface area contributed by atoms with E-state index in [1.807, 2.05) is 0 Å². The lowest BCUT2D eigenvalue weighted by molar-refractivity contribution is 0.0945. The number of ether oxygens (including phenoxy) is 1. The molecule has 1 aromatic heterocycles. The molecule has 1 fully saturated rings. The van der Waals surface area contributed by atoms with Gasteiger partial charge in [-0.1, -0.05) is 18.2 Å². The van der Waals surface area contributed by atoms with E-state index in [0.717, 1.165) is 44.5 Å². The molecular weight excluding hydrogens is 264 g/mol. The number of rotatable bonds is 6. The Morgan fingerprint density at radius 1 is 1.48 bits per heavy atom. The predicted octanol–water partition coefficient (Wildman–Crippen LogP) is 2.00. The van der Waals surface area contributed by atoms with Crippen LogP contribution in [0, 0.1) is 0 Å². The zero-order chi connectivity index (χ0) is 14.7. The van der Waals surface area contributed by atoms with Crippen LogP contribution in [0.25, 0.3) is 10.9 Å². The Hall–Kier alpha value is -1.43. The highest BCUT2D eigenvalue weighted by molar-refractivity contribution is 5.82. The van der Waals surface area contributed by atoms with E-state index in [1.165, 1.54) is 10.9 Å². The Balaban J connectivity index is 1.79. The fraction of sp³-hybridized carbons (Fsp3) is 0.562. The highest BCUT2D eigenvalue weighted by Gasteiger charge is 2.22. The molecule has 2 heterocycles. The quantitative estimate of drug-likeness (QED) is 0.630. The molecule has 2 atom stereocenters. The number of nitrogens with one attached hydrogen (secondary N) is 1. The standard InChI is InChI=1S/C16H24N4O/c1-2-20-16-8-4-3-7-14(16)15(19-20)11-12(18-17)10-13-6-5-9-21-13/h3-4,7-8,12-13,18H,2,5-6,9-11,17H2,1H3. The van der Waals surface area contributed by atoms with Gasteiger partial charge < -0.3 is 4.74 Å². The van der Waals surface area contributed by atoms with E-state index in [4.69, 9.17) is 15.7 Å². The number of hydrazine groups is 1. The fourth-order valence-corrected chi connectivity index (χ4v) is 3.18. The number of nitrogens with zero attached hydrogens (tertiary/aromatic N) is 2. The Bertz CT molecular complexity index is 589. The molecule has 0 spiro atoms. The number of hydrogen-bond donors (Lipinski definition) is 2. The SMILES string of the molecule is CCn1nc(CC(CC2CCCO2)NN)c2ccccc21. The van der Waals surface area contributed by atoms with Crippen LogP contribution in [0.2, 0.25) is 0 Å². The molecule has 1 aromatic carbocycles. The van der Waals surface area contributed by atoms with E-state index in [9.17, 15) is 0 Å². The third-order valence-electron chi connectivity index (χ3n) is 4.28. The number of hydrogen-bond acceptors (Lipinski definition) is 4. The lowest BCUT2D eigenvalue weighted by atomic mass is 10.0. The summed E-state index contributed by atoms with van der Waals surface area (Å²) in [7, 11) is 0. The summed E-state index contributed by atoms with van der Waals surface area (Å²) in [6.07, 6.45) is 4.43. The molecule has 0 amide bonds. The molecular formula is C16H24N4O. The van der Waals surface area contributed by atoms with Crippen molar-refractivity contribution in [3.63, 3.8) is 0 Å². The van der Waals surface area contributed by atoms with Crippen LogP contribution in [0.5, 0.6) is 0 Å². The Morgan fingerprint density at radius 2 is 2.33 bits per heavy atom. The van der Waals surface area contributed by atoms with Gasteiger partial charge in [-0.2, -0.15) is 5.10 Å². The lowest BCUT2D eigenvalue weighted by Crippen LogP contribution is -2.39. The highest BCUT2D eigenvalue weighted by atomic mass is 16.5. The summed E-state index contributed by atoms with van der Waals surface area (Å²) in [4.78, 5) is 0. The van der Waals surface area contributed by atoms with Gasteiger partial charge in [0.25, 0.3) is 0 Å². The zero-order valence-corrected chi connectivity index (χ0v) is 12.6. The molecule has 1 aliphatic rings. The van der Waals surface area contributed by atoms with Crippen LogP contribution in [-0.4, -0.2) is 28.5 Å². The van der Waals surface area contributed by atoms with Gasteiger partial charge in [-0.15, -0.1) is 0 Å². The molecule has 2 aromatic rings. The number of nitrogens with two attached hydrogens (primary N) is 1. The molecule has 0 radical (unpaired) electrons. The molecule has 5 nitrogen and oxygen atoms in total. The van der Waals surface area contributed by atoms with Crippen molar-refractivity contribution in [2.75, 3.05) is 6.61 Å². The second-order valence-corrected chi connectivity index (χ2v) is 5.72. The van der Waals surface area contributed by atoms with Gasteiger partial charge in [0, 0.05) is 31.0 Å². The molecule has 114 valence electrons. The topological polar surface area (TPSA) is 65.1 Å². The van der Waals surface area contributed by atoms with Crippen molar-refractivity contribution in [2.24, 2.45) is 5.84 Å². The van der Waals surface area contributed by atoms with Gasteiger partial charge in [-0.25, -0.2) is 0 Å². The second kappa shape index (κ2) is 6.56. The van der Waals surface area contributed by atoms with Gasteiger partial charge in [0.2, 0.25) is 0 Å². The van der Waals surface area contributed by atoms with Gasteiger partial charge in [-0.05, 0) is 32.3 Å². The number of aryl methyl sites for hydroxylation is 1. The van der Waals surface area contributed by atoms with E-state index >= 15 is 0 Å². The van der Waals surface area contributed by atoms with Crippen LogP contribution < -0.4 is 11.3 Å². The minimum atomic E-state index is 0.205. The summed E-state index contributed by atoms with van der Waals surface area (Å²) in [6.45, 7) is 3.89. The van der Waals surface area contributed by atoms with E-state index in [1.54, 1.807) is 0 Å². The second-order valence-electron chi connectivity index (χ2n) is 5.72. The molecule has 5 heteroatoms. The molecule has 3 N–H and O–H groups in total. The summed E-state index contributed by atoms with van der Waals surface area (Å²) in [6, 6.07) is 8.60. The number of benzene rings is 1. The van der Waals surface area contributed by atoms with Crippen LogP contribution in [-0.2, 0) is 17.7 Å². The Labute approximate surface area is 125 Å². The number of fused-ring (bicyclic) bond motifs is 1. The first-order chi connectivity index (χ1) is 10.3. The molecule has 0 bridgehead atoms. The zero-order valence-electron chi connectivity index (χ0n) is 12.6. The third-order valence-corrected chi connectivity index (χ3v) is 4.28. The average Bonchev–Trinajstić information content (AvgIpc) is 3.14. The first-order valence-corrected chi connectivity index (χ1v) is 7.84. The molecule has 1 saturated heterocycles. The summed E-state index contributed by atoms with van der Waals surface area (Å²) in [5.74, 6) is 5.74. The van der Waals surface area contributed by atoms with Crippen molar-refractivity contribution < 1.29 is 4.74 Å². The average molecular weight is 288 g/mol. The minimum Gasteiger partial charge on any atom is -0.378 e. The summed E-state index contributed by atoms with van der Waals surface area (Å²) >= 11 is 0. The van der Waals surface area contributed by atoms with Gasteiger partial charge in [0.15, 0.2) is 0 Å². The van der Waals surface area contributed by atoms with Crippen LogP contribution in [0.3, 0.4) is 0 Å². The van der Waals surface area contributed by atoms with Crippen LogP contribution >= 0.6 is 0 Å². The Morgan fingerprint density at radius 3 is 3.05 bits per heavy atom. The van der Waals surface area contributed by atoms with E-state index < -0.39 is 0 Å². The Kier molecular flexibility index (Phi) is 4.53. The largest absolute Gasteiger partial charge is 0.378 e. The maximum absolute atomic E-state index is 5.74. The van der Waals surface area contributed by atoms with Crippen molar-refractivity contribution in [1.82, 2.24) is 15.2 Å². The van der Waals surface area contributed by atoms with Crippen molar-refractivity contribution in [1.29, 1.82) is 0 Å². The van der Waals surface area contributed by atoms with Crippen LogP contribution in [0.4, 0.5) is 0 Å². The van der Waals surface area contributed by atoms with Crippen molar-refractivity contribution in [3.8, 4) is 0 Å². The predicted molar refractivity (Wildman–Crippen MR) is 83.8 cm³/mol. The highest BCUT2D eigenvalue weighted by Crippen LogP contribution is 2.22. The van der Waals surface area contributed by atoms with Gasteiger partial charge in [0.1, 0.15) is 0 Å². The maximum atomic E-state index is 5.74. The summed E-state index contributed by atoms with van der Waals surface area (Å²) in [5, 5.41) is 5.98. The third kappa shape index (κ3) is 3.10. The van der Waals surface area contributed by atoms with Crippen molar-refractivity contribution in [3.05, 3.63) is 30.0 Å². The molecule has 1 aliphatic heterocycles. The first-order valence-electron chi connectivity index (χ1n) is 7.84. The summed E-state index contributed by atoms with van der Waals surface area (Å²) in [5.41, 5.74) is 5.26. The van der Waals surface area contributed by atoms with Gasteiger partial charge in [-0.3, -0.25) is 16.0 Å². The van der Waals surface area contributed by atoms with Crippen molar-refractivity contribution >= 4 is 10.9 Å². The van der Waals surface area contributed by atoms with Crippen molar-refractivity contribution in [2.45, 2.75) is 51.3 Å². The molecule has 3 rings (SSSR count). The molecule has 0 aliphatic carbocycles. The van der Waals surface area contributed by atoms with Crippen LogP contribution in [0.1, 0.15) is 31.9 Å². The summed E-state index contributed by atoms with van der Waals surface area (Å²) < 4.78 is 7.78. The van der Waals surface area contributed by atoms with Crippen LogP contribution in [0.15, 0.2) is 24.3 Å². The first kappa shape index (κ1) is 14.5. The van der Waals surface area contributed by atoms with Gasteiger partial charge >= 0.3 is 0 Å². The smallest absolute Gasteiger partial charge is 0.0719 e. The normalized spacial score (nSPS) is 20.2. The maximum Gasteiger partial charge on any atom is 0.0719 e. The van der Waals surface area contributed by atoms with E-state index in [0.29, 0.717) is 6.10 Å². The minimum absolute atomic E-state index is 0.205. The van der Waals surface area contributed by atoms with E-state index in [2.05, 4.69) is 41.3 Å².